The standard InChI is InChI=1S/C10H10Cl2N2O2/c11-6-1-7(12)3-9(2-6)16-5-8-4-10(15)14-13-8/h1-3,8,13H,4-5H2,(H,14,15). The van der Waals surface area contributed by atoms with Crippen molar-refractivity contribution < 1.29 is 9.53 Å². The molecule has 1 aromatic carbocycles. The van der Waals surface area contributed by atoms with Crippen LogP contribution < -0.4 is 15.6 Å². The highest BCUT2D eigenvalue weighted by Gasteiger charge is 2.21. The highest BCUT2D eigenvalue weighted by molar-refractivity contribution is 6.34. The molecule has 16 heavy (non-hydrogen) atoms. The van der Waals surface area contributed by atoms with Gasteiger partial charge in [-0.15, -0.1) is 0 Å². The van der Waals surface area contributed by atoms with Crippen molar-refractivity contribution in [2.45, 2.75) is 12.5 Å². The van der Waals surface area contributed by atoms with Gasteiger partial charge in [0, 0.05) is 16.5 Å². The predicted octanol–water partition coefficient (Wildman–Crippen LogP) is 1.77. The number of hydrogen-bond acceptors (Lipinski definition) is 3. The van der Waals surface area contributed by atoms with Crippen molar-refractivity contribution in [3.63, 3.8) is 0 Å². The van der Waals surface area contributed by atoms with Crippen LogP contribution in [0.3, 0.4) is 0 Å². The van der Waals surface area contributed by atoms with E-state index in [0.29, 0.717) is 28.8 Å². The Kier molecular flexibility index (Phi) is 3.53. The van der Waals surface area contributed by atoms with Crippen LogP contribution in [0, 0.1) is 0 Å². The molecule has 0 saturated carbocycles. The van der Waals surface area contributed by atoms with Gasteiger partial charge in [0.15, 0.2) is 0 Å². The van der Waals surface area contributed by atoms with Crippen LogP contribution in [0.1, 0.15) is 6.42 Å². The maximum atomic E-state index is 10.9. The van der Waals surface area contributed by atoms with Crippen molar-refractivity contribution in [3.05, 3.63) is 28.2 Å². The molecule has 1 fully saturated rings. The molecule has 1 saturated heterocycles. The van der Waals surface area contributed by atoms with Crippen LogP contribution in [0.2, 0.25) is 10.0 Å². The lowest BCUT2D eigenvalue weighted by atomic mass is 10.2. The summed E-state index contributed by atoms with van der Waals surface area (Å²) in [5.74, 6) is 0.566. The number of hydrogen-bond donors (Lipinski definition) is 2. The summed E-state index contributed by atoms with van der Waals surface area (Å²) in [6.07, 6.45) is 0.411. The second-order valence-corrected chi connectivity index (χ2v) is 4.38. The first-order valence-corrected chi connectivity index (χ1v) is 5.52. The van der Waals surface area contributed by atoms with Gasteiger partial charge in [0.25, 0.3) is 0 Å². The van der Waals surface area contributed by atoms with Gasteiger partial charge in [0.1, 0.15) is 12.4 Å². The summed E-state index contributed by atoms with van der Waals surface area (Å²) >= 11 is 11.6. The Balaban J connectivity index is 1.91. The lowest BCUT2D eigenvalue weighted by molar-refractivity contribution is -0.119. The van der Waals surface area contributed by atoms with Crippen molar-refractivity contribution in [1.82, 2.24) is 10.9 Å². The van der Waals surface area contributed by atoms with Gasteiger partial charge >= 0.3 is 0 Å². The molecule has 2 rings (SSSR count). The summed E-state index contributed by atoms with van der Waals surface area (Å²) in [5.41, 5.74) is 5.32. The van der Waals surface area contributed by atoms with Gasteiger partial charge in [-0.1, -0.05) is 23.2 Å². The van der Waals surface area contributed by atoms with E-state index in [4.69, 9.17) is 27.9 Å². The molecule has 6 heteroatoms. The fraction of sp³-hybridized carbons (Fsp3) is 0.300. The van der Waals surface area contributed by atoms with E-state index in [-0.39, 0.29) is 11.9 Å². The van der Waals surface area contributed by atoms with Crippen molar-refractivity contribution in [1.29, 1.82) is 0 Å². The smallest absolute Gasteiger partial charge is 0.235 e. The summed E-state index contributed by atoms with van der Waals surface area (Å²) in [6, 6.07) is 4.97. The highest BCUT2D eigenvalue weighted by Crippen LogP contribution is 2.24. The maximum Gasteiger partial charge on any atom is 0.235 e. The van der Waals surface area contributed by atoms with Crippen LogP contribution in [-0.2, 0) is 4.79 Å². The van der Waals surface area contributed by atoms with Gasteiger partial charge in [-0.05, 0) is 18.2 Å². The van der Waals surface area contributed by atoms with E-state index in [1.54, 1.807) is 18.2 Å². The number of carbonyl (C=O) groups is 1. The van der Waals surface area contributed by atoms with Gasteiger partial charge < -0.3 is 4.74 Å². The molecule has 1 aliphatic heterocycles. The van der Waals surface area contributed by atoms with Crippen LogP contribution >= 0.6 is 23.2 Å². The number of amides is 1. The Morgan fingerprint density at radius 2 is 2.00 bits per heavy atom. The van der Waals surface area contributed by atoms with Gasteiger partial charge in [0.05, 0.1) is 6.04 Å². The largest absolute Gasteiger partial charge is 0.492 e. The number of benzene rings is 1. The molecule has 1 heterocycles. The average Bonchev–Trinajstić information content (AvgIpc) is 2.60. The molecular weight excluding hydrogens is 251 g/mol. The summed E-state index contributed by atoms with van der Waals surface area (Å²) < 4.78 is 5.48. The Hall–Kier alpha value is -0.970. The van der Waals surface area contributed by atoms with Crippen LogP contribution in [-0.4, -0.2) is 18.6 Å². The molecule has 0 radical (unpaired) electrons. The minimum atomic E-state index is -0.0299. The van der Waals surface area contributed by atoms with Crippen molar-refractivity contribution in [2.75, 3.05) is 6.61 Å². The molecule has 2 N–H and O–H groups in total. The van der Waals surface area contributed by atoms with Crippen LogP contribution in [0.4, 0.5) is 0 Å². The fourth-order valence-corrected chi connectivity index (χ4v) is 1.92. The van der Waals surface area contributed by atoms with E-state index in [2.05, 4.69) is 10.9 Å². The number of hydrazine groups is 1. The lowest BCUT2D eigenvalue weighted by Gasteiger charge is -2.11. The zero-order valence-corrected chi connectivity index (χ0v) is 9.81. The normalized spacial score (nSPS) is 19.6. The van der Waals surface area contributed by atoms with E-state index in [1.165, 1.54) is 0 Å². The number of nitrogens with one attached hydrogen (secondary N) is 2. The molecule has 86 valence electrons. The van der Waals surface area contributed by atoms with Crippen LogP contribution in [0.5, 0.6) is 5.75 Å². The molecule has 0 bridgehead atoms. The van der Waals surface area contributed by atoms with E-state index in [0.717, 1.165) is 0 Å². The molecule has 1 aromatic rings. The van der Waals surface area contributed by atoms with Gasteiger partial charge in [-0.3, -0.25) is 10.2 Å². The number of rotatable bonds is 3. The van der Waals surface area contributed by atoms with Crippen LogP contribution in [0.25, 0.3) is 0 Å². The Bertz CT molecular complexity index is 392. The average molecular weight is 261 g/mol. The number of carbonyl (C=O) groups excluding carboxylic acids is 1. The van der Waals surface area contributed by atoms with Gasteiger partial charge in [0.2, 0.25) is 5.91 Å². The third-order valence-electron chi connectivity index (χ3n) is 2.13. The minimum Gasteiger partial charge on any atom is -0.492 e. The molecule has 0 spiro atoms. The monoisotopic (exact) mass is 260 g/mol. The summed E-state index contributed by atoms with van der Waals surface area (Å²) in [7, 11) is 0. The molecule has 0 aromatic heterocycles. The molecule has 1 unspecified atom stereocenters. The quantitative estimate of drug-likeness (QED) is 0.871. The van der Waals surface area contributed by atoms with Crippen LogP contribution in [0.15, 0.2) is 18.2 Å². The molecule has 0 aliphatic carbocycles. The molecule has 1 amide bonds. The van der Waals surface area contributed by atoms with E-state index >= 15 is 0 Å². The first-order valence-electron chi connectivity index (χ1n) is 4.77. The number of ether oxygens (including phenoxy) is 1. The zero-order valence-electron chi connectivity index (χ0n) is 8.30. The summed E-state index contributed by atoms with van der Waals surface area (Å²) in [4.78, 5) is 10.9. The lowest BCUT2D eigenvalue weighted by Crippen LogP contribution is -2.34. The molecule has 1 aliphatic rings. The zero-order chi connectivity index (χ0) is 11.5. The SMILES string of the molecule is O=C1CC(COc2cc(Cl)cc(Cl)c2)NN1. The highest BCUT2D eigenvalue weighted by atomic mass is 35.5. The second kappa shape index (κ2) is 4.91. The summed E-state index contributed by atoms with van der Waals surface area (Å²) in [5, 5.41) is 1.05. The summed E-state index contributed by atoms with van der Waals surface area (Å²) in [6.45, 7) is 0.384. The third-order valence-corrected chi connectivity index (χ3v) is 2.57. The predicted molar refractivity (Wildman–Crippen MR) is 61.6 cm³/mol. The van der Waals surface area contributed by atoms with Crippen molar-refractivity contribution in [3.8, 4) is 5.75 Å². The molecular formula is C10H10Cl2N2O2. The Morgan fingerprint density at radius 3 is 2.56 bits per heavy atom. The molecule has 1 atom stereocenters. The van der Waals surface area contributed by atoms with E-state index in [9.17, 15) is 4.79 Å². The van der Waals surface area contributed by atoms with E-state index in [1.807, 2.05) is 0 Å². The molecule has 4 nitrogen and oxygen atoms in total. The topological polar surface area (TPSA) is 50.4 Å². The first kappa shape index (κ1) is 11.5. The van der Waals surface area contributed by atoms with Crippen molar-refractivity contribution >= 4 is 29.1 Å². The minimum absolute atomic E-state index is 0.0229. The Labute approximate surface area is 103 Å². The number of halogens is 2. The Morgan fingerprint density at radius 1 is 1.31 bits per heavy atom. The maximum absolute atomic E-state index is 10.9. The first-order chi connectivity index (χ1) is 7.63. The third kappa shape index (κ3) is 3.01. The fourth-order valence-electron chi connectivity index (χ4n) is 1.42. The van der Waals surface area contributed by atoms with E-state index < -0.39 is 0 Å². The van der Waals surface area contributed by atoms with Gasteiger partial charge in [-0.25, -0.2) is 5.43 Å². The van der Waals surface area contributed by atoms with Gasteiger partial charge in [-0.2, -0.15) is 0 Å². The second-order valence-electron chi connectivity index (χ2n) is 3.51. The van der Waals surface area contributed by atoms with Crippen molar-refractivity contribution in [2.24, 2.45) is 0 Å².